The second kappa shape index (κ2) is 7.31. The fourth-order valence-corrected chi connectivity index (χ4v) is 3.97. The number of amides is 2. The summed E-state index contributed by atoms with van der Waals surface area (Å²) in [6, 6.07) is 20.5. The third-order valence-corrected chi connectivity index (χ3v) is 5.35. The molecular formula is C23H25N3O. The molecule has 0 bridgehead atoms. The monoisotopic (exact) mass is 359 g/mol. The summed E-state index contributed by atoms with van der Waals surface area (Å²) in [5.41, 5.74) is 4.77. The Kier molecular flexibility index (Phi) is 4.71. The zero-order valence-corrected chi connectivity index (χ0v) is 15.9. The van der Waals surface area contributed by atoms with Crippen LogP contribution in [0.25, 0.3) is 10.8 Å². The molecule has 1 aliphatic rings. The number of anilines is 2. The van der Waals surface area contributed by atoms with Gasteiger partial charge in [0, 0.05) is 37.3 Å². The van der Waals surface area contributed by atoms with E-state index < -0.39 is 0 Å². The zero-order valence-electron chi connectivity index (χ0n) is 15.9. The molecule has 1 saturated heterocycles. The summed E-state index contributed by atoms with van der Waals surface area (Å²) >= 11 is 0. The number of hydrogen-bond acceptors (Lipinski definition) is 2. The number of nitrogens with one attached hydrogen (secondary N) is 1. The average Bonchev–Trinajstić information content (AvgIpc) is 2.69. The number of urea groups is 1. The van der Waals surface area contributed by atoms with Crippen LogP contribution in [0.1, 0.15) is 11.1 Å². The molecule has 4 nitrogen and oxygen atoms in total. The van der Waals surface area contributed by atoms with Gasteiger partial charge in [-0.25, -0.2) is 4.79 Å². The van der Waals surface area contributed by atoms with Crippen LogP contribution in [0.2, 0.25) is 0 Å². The van der Waals surface area contributed by atoms with Crippen LogP contribution in [0.4, 0.5) is 16.2 Å². The first kappa shape index (κ1) is 17.4. The van der Waals surface area contributed by atoms with Crippen LogP contribution in [0, 0.1) is 13.8 Å². The van der Waals surface area contributed by atoms with Crippen molar-refractivity contribution in [2.24, 2.45) is 0 Å². The van der Waals surface area contributed by atoms with Gasteiger partial charge < -0.3 is 15.1 Å². The summed E-state index contributed by atoms with van der Waals surface area (Å²) in [5, 5.41) is 5.31. The maximum absolute atomic E-state index is 12.8. The second-order valence-electron chi connectivity index (χ2n) is 7.17. The summed E-state index contributed by atoms with van der Waals surface area (Å²) in [4.78, 5) is 17.1. The lowest BCUT2D eigenvalue weighted by Crippen LogP contribution is -2.50. The van der Waals surface area contributed by atoms with Crippen molar-refractivity contribution in [3.8, 4) is 0 Å². The van der Waals surface area contributed by atoms with Crippen molar-refractivity contribution >= 4 is 28.2 Å². The number of nitrogens with zero attached hydrogens (tertiary/aromatic N) is 2. The molecular weight excluding hydrogens is 334 g/mol. The Morgan fingerprint density at radius 3 is 2.19 bits per heavy atom. The van der Waals surface area contributed by atoms with E-state index in [2.05, 4.69) is 54.4 Å². The van der Waals surface area contributed by atoms with Gasteiger partial charge in [0.2, 0.25) is 0 Å². The number of benzene rings is 3. The third kappa shape index (κ3) is 3.47. The predicted molar refractivity (Wildman–Crippen MR) is 113 cm³/mol. The lowest BCUT2D eigenvalue weighted by molar-refractivity contribution is 0.208. The minimum Gasteiger partial charge on any atom is -0.368 e. The first-order valence-corrected chi connectivity index (χ1v) is 9.48. The summed E-state index contributed by atoms with van der Waals surface area (Å²) in [6.45, 7) is 7.47. The Balaban J connectivity index is 1.44. The van der Waals surface area contributed by atoms with Gasteiger partial charge in [-0.1, -0.05) is 54.6 Å². The van der Waals surface area contributed by atoms with E-state index in [0.717, 1.165) is 42.6 Å². The molecule has 27 heavy (non-hydrogen) atoms. The van der Waals surface area contributed by atoms with Gasteiger partial charge in [-0.05, 0) is 36.4 Å². The van der Waals surface area contributed by atoms with E-state index in [1.54, 1.807) is 0 Å². The second-order valence-corrected chi connectivity index (χ2v) is 7.17. The zero-order chi connectivity index (χ0) is 18.8. The molecule has 0 aliphatic carbocycles. The van der Waals surface area contributed by atoms with Crippen LogP contribution in [0.15, 0.2) is 60.7 Å². The minimum absolute atomic E-state index is 0.0208. The summed E-state index contributed by atoms with van der Waals surface area (Å²) < 4.78 is 0. The molecule has 0 atom stereocenters. The summed E-state index contributed by atoms with van der Waals surface area (Å²) in [6.07, 6.45) is 0. The van der Waals surface area contributed by atoms with E-state index in [1.807, 2.05) is 35.2 Å². The Hall–Kier alpha value is -3.01. The van der Waals surface area contributed by atoms with Crippen molar-refractivity contribution in [2.75, 3.05) is 36.4 Å². The van der Waals surface area contributed by atoms with Crippen LogP contribution in [-0.4, -0.2) is 37.1 Å². The van der Waals surface area contributed by atoms with Crippen molar-refractivity contribution < 1.29 is 4.79 Å². The predicted octanol–water partition coefficient (Wildman–Crippen LogP) is 4.81. The lowest BCUT2D eigenvalue weighted by atomic mass is 10.1. The highest BCUT2D eigenvalue weighted by atomic mass is 16.2. The smallest absolute Gasteiger partial charge is 0.321 e. The molecule has 1 N–H and O–H groups in total. The fourth-order valence-electron chi connectivity index (χ4n) is 3.97. The molecule has 2 amide bonds. The number of aryl methyl sites for hydroxylation is 2. The van der Waals surface area contributed by atoms with Crippen molar-refractivity contribution in [1.29, 1.82) is 0 Å². The average molecular weight is 359 g/mol. The Morgan fingerprint density at radius 2 is 1.44 bits per heavy atom. The van der Waals surface area contributed by atoms with Gasteiger partial charge in [-0.2, -0.15) is 0 Å². The molecule has 1 fully saturated rings. The first-order chi connectivity index (χ1) is 13.1. The highest BCUT2D eigenvalue weighted by Gasteiger charge is 2.23. The number of carbonyl (C=O) groups is 1. The maximum Gasteiger partial charge on any atom is 0.321 e. The minimum atomic E-state index is -0.0208. The van der Waals surface area contributed by atoms with Crippen molar-refractivity contribution in [2.45, 2.75) is 13.8 Å². The number of hydrogen-bond donors (Lipinski definition) is 1. The molecule has 0 aromatic heterocycles. The topological polar surface area (TPSA) is 35.6 Å². The van der Waals surface area contributed by atoms with Crippen LogP contribution >= 0.6 is 0 Å². The molecule has 4 rings (SSSR count). The van der Waals surface area contributed by atoms with Crippen molar-refractivity contribution in [3.63, 3.8) is 0 Å². The Labute approximate surface area is 160 Å². The van der Waals surface area contributed by atoms with Gasteiger partial charge in [0.1, 0.15) is 0 Å². The van der Waals surface area contributed by atoms with E-state index in [9.17, 15) is 4.79 Å². The number of para-hydroxylation sites is 1. The van der Waals surface area contributed by atoms with Gasteiger partial charge in [0.05, 0.1) is 5.69 Å². The molecule has 3 aromatic rings. The van der Waals surface area contributed by atoms with E-state index in [4.69, 9.17) is 0 Å². The van der Waals surface area contributed by atoms with E-state index in [1.165, 1.54) is 16.8 Å². The largest absolute Gasteiger partial charge is 0.368 e. The normalized spacial score (nSPS) is 14.4. The van der Waals surface area contributed by atoms with Crippen molar-refractivity contribution in [3.05, 3.63) is 71.8 Å². The molecule has 138 valence electrons. The molecule has 0 unspecified atom stereocenters. The molecule has 0 saturated carbocycles. The molecule has 1 aliphatic heterocycles. The van der Waals surface area contributed by atoms with Crippen LogP contribution < -0.4 is 10.2 Å². The highest BCUT2D eigenvalue weighted by molar-refractivity contribution is 6.01. The van der Waals surface area contributed by atoms with Crippen molar-refractivity contribution in [1.82, 2.24) is 4.90 Å². The number of rotatable bonds is 2. The molecule has 0 spiro atoms. The van der Waals surface area contributed by atoms with Gasteiger partial charge in [-0.15, -0.1) is 0 Å². The SMILES string of the molecule is Cc1cccc(C)c1N1CCN(C(=O)Nc2cccc3ccccc23)CC1. The Morgan fingerprint density at radius 1 is 0.815 bits per heavy atom. The standard InChI is InChI=1S/C23H25N3O/c1-17-7-5-8-18(2)22(17)25-13-15-26(16-14-25)23(27)24-21-12-6-10-19-9-3-4-11-20(19)21/h3-12H,13-16H2,1-2H3,(H,24,27). The van der Waals surface area contributed by atoms with Crippen LogP contribution in [-0.2, 0) is 0 Å². The highest BCUT2D eigenvalue weighted by Crippen LogP contribution is 2.26. The molecule has 4 heteroatoms. The number of fused-ring (bicyclic) bond motifs is 1. The number of piperazine rings is 1. The fraction of sp³-hybridized carbons (Fsp3) is 0.261. The summed E-state index contributed by atoms with van der Waals surface area (Å²) in [5.74, 6) is 0. The molecule has 3 aromatic carbocycles. The van der Waals surface area contributed by atoms with Crippen LogP contribution in [0.5, 0.6) is 0 Å². The maximum atomic E-state index is 12.8. The molecule has 0 radical (unpaired) electrons. The quantitative estimate of drug-likeness (QED) is 0.713. The number of carbonyl (C=O) groups excluding carboxylic acids is 1. The van der Waals surface area contributed by atoms with Gasteiger partial charge in [0.25, 0.3) is 0 Å². The third-order valence-electron chi connectivity index (χ3n) is 5.35. The Bertz CT molecular complexity index is 949. The summed E-state index contributed by atoms with van der Waals surface area (Å²) in [7, 11) is 0. The lowest BCUT2D eigenvalue weighted by Gasteiger charge is -2.37. The molecule has 1 heterocycles. The van der Waals surface area contributed by atoms with E-state index in [-0.39, 0.29) is 6.03 Å². The first-order valence-electron chi connectivity index (χ1n) is 9.48. The van der Waals surface area contributed by atoms with Gasteiger partial charge in [-0.3, -0.25) is 0 Å². The van der Waals surface area contributed by atoms with Crippen LogP contribution in [0.3, 0.4) is 0 Å². The van der Waals surface area contributed by atoms with E-state index >= 15 is 0 Å². The van der Waals surface area contributed by atoms with E-state index in [0.29, 0.717) is 0 Å². The van der Waals surface area contributed by atoms with Gasteiger partial charge in [0.15, 0.2) is 0 Å². The van der Waals surface area contributed by atoms with Gasteiger partial charge >= 0.3 is 6.03 Å².